The molecule has 0 fully saturated rings. The number of hydrogen-bond acceptors (Lipinski definition) is 5. The fourth-order valence-electron chi connectivity index (χ4n) is 0.542. The second-order valence-electron chi connectivity index (χ2n) is 1.90. The van der Waals surface area contributed by atoms with Gasteiger partial charge in [0, 0.05) is 6.61 Å². The maximum absolute atomic E-state index is 8.31. The summed E-state index contributed by atoms with van der Waals surface area (Å²) in [5.74, 6) is 0. The monoisotopic (exact) mass is 198 g/mol. The molecule has 74 valence electrons. The van der Waals surface area contributed by atoms with Crippen LogP contribution in [0, 0.1) is 0 Å². The molecule has 0 heterocycles. The maximum atomic E-state index is 8.31. The Bertz CT molecular complexity index is 90.0. The van der Waals surface area contributed by atoms with Crippen LogP contribution in [0.1, 0.15) is 6.92 Å². The van der Waals surface area contributed by atoms with Crippen LogP contribution in [-0.2, 0) is 14.0 Å². The van der Waals surface area contributed by atoms with Crippen molar-refractivity contribution in [3.63, 3.8) is 0 Å². The van der Waals surface area contributed by atoms with Gasteiger partial charge < -0.3 is 23.8 Å². The Labute approximate surface area is 73.3 Å². The van der Waals surface area contributed by atoms with Gasteiger partial charge in [0.15, 0.2) is 0 Å². The highest BCUT2D eigenvalue weighted by molar-refractivity contribution is 7.39. The zero-order valence-electron chi connectivity index (χ0n) is 7.10. The summed E-state index contributed by atoms with van der Waals surface area (Å²) in [5, 5.41) is 0. The van der Waals surface area contributed by atoms with Crippen LogP contribution in [0.2, 0.25) is 0 Å². The minimum Gasteiger partial charge on any atom is -0.379 e. The summed E-state index contributed by atoms with van der Waals surface area (Å²) in [6.07, 6.45) is 0. The van der Waals surface area contributed by atoms with E-state index in [-0.39, 0.29) is 6.61 Å². The van der Waals surface area contributed by atoms with Gasteiger partial charge in [0.05, 0.1) is 26.4 Å². The van der Waals surface area contributed by atoms with Crippen molar-refractivity contribution in [1.29, 1.82) is 0 Å². The molecule has 0 bridgehead atoms. The van der Waals surface area contributed by atoms with Gasteiger partial charge in [0.1, 0.15) is 0 Å². The van der Waals surface area contributed by atoms with Gasteiger partial charge in [-0.3, -0.25) is 0 Å². The zero-order chi connectivity index (χ0) is 9.23. The molecule has 0 rings (SSSR count). The first-order chi connectivity index (χ1) is 5.77. The van der Waals surface area contributed by atoms with Gasteiger partial charge in [0.2, 0.25) is 0 Å². The molecule has 0 aliphatic carbocycles. The minimum atomic E-state index is -2.24. The quantitative estimate of drug-likeness (QED) is 0.432. The van der Waals surface area contributed by atoms with E-state index >= 15 is 0 Å². The Balaban J connectivity index is 2.82. The second kappa shape index (κ2) is 9.32. The molecule has 0 saturated carbocycles. The average Bonchev–Trinajstić information content (AvgIpc) is 2.02. The molecule has 0 aliphatic rings. The normalized spacial score (nSPS) is 11.0. The highest BCUT2D eigenvalue weighted by Gasteiger charge is 1.97. The van der Waals surface area contributed by atoms with E-state index in [0.717, 1.165) is 0 Å². The largest absolute Gasteiger partial charge is 0.379 e. The molecular weight excluding hydrogens is 183 g/mol. The van der Waals surface area contributed by atoms with Crippen molar-refractivity contribution in [1.82, 2.24) is 0 Å². The molecule has 2 N–H and O–H groups in total. The lowest BCUT2D eigenvalue weighted by Gasteiger charge is -2.05. The lowest BCUT2D eigenvalue weighted by atomic mass is 10.7. The van der Waals surface area contributed by atoms with Crippen molar-refractivity contribution >= 4 is 8.60 Å². The third kappa shape index (κ3) is 10.2. The molecule has 0 aromatic carbocycles. The predicted molar refractivity (Wildman–Crippen MR) is 44.6 cm³/mol. The molecule has 5 nitrogen and oxygen atoms in total. The number of ether oxygens (including phenoxy) is 2. The standard InChI is InChI=1S/C6H15O5P/c1-2-9-3-4-10-5-6-11-12(7)8/h7-8H,2-6H2,1H3. The highest BCUT2D eigenvalue weighted by Crippen LogP contribution is 2.23. The molecule has 0 spiro atoms. The Kier molecular flexibility index (Phi) is 9.50. The highest BCUT2D eigenvalue weighted by atomic mass is 31.2. The van der Waals surface area contributed by atoms with Crippen molar-refractivity contribution in [3.8, 4) is 0 Å². The molecule has 0 aliphatic heterocycles. The van der Waals surface area contributed by atoms with Crippen LogP contribution in [0.15, 0.2) is 0 Å². The van der Waals surface area contributed by atoms with Crippen LogP contribution >= 0.6 is 8.60 Å². The van der Waals surface area contributed by atoms with Crippen molar-refractivity contribution in [2.75, 3.05) is 33.0 Å². The molecule has 0 amide bonds. The van der Waals surface area contributed by atoms with Crippen LogP contribution in [0.5, 0.6) is 0 Å². The van der Waals surface area contributed by atoms with Crippen LogP contribution < -0.4 is 0 Å². The summed E-state index contributed by atoms with van der Waals surface area (Å²) in [4.78, 5) is 16.6. The molecule has 0 aromatic rings. The molecule has 0 radical (unpaired) electrons. The van der Waals surface area contributed by atoms with E-state index in [9.17, 15) is 0 Å². The topological polar surface area (TPSA) is 68.2 Å². The van der Waals surface area contributed by atoms with E-state index in [1.54, 1.807) is 0 Å². The summed E-state index contributed by atoms with van der Waals surface area (Å²) >= 11 is 0. The van der Waals surface area contributed by atoms with Crippen molar-refractivity contribution < 1.29 is 23.8 Å². The summed E-state index contributed by atoms with van der Waals surface area (Å²) in [6, 6.07) is 0. The van der Waals surface area contributed by atoms with Crippen LogP contribution in [-0.4, -0.2) is 42.8 Å². The Morgan fingerprint density at radius 2 is 1.58 bits per heavy atom. The first-order valence-electron chi connectivity index (χ1n) is 3.73. The zero-order valence-corrected chi connectivity index (χ0v) is 8.00. The van der Waals surface area contributed by atoms with E-state index in [4.69, 9.17) is 19.3 Å². The first-order valence-corrected chi connectivity index (χ1v) is 4.90. The lowest BCUT2D eigenvalue weighted by molar-refractivity contribution is 0.0389. The van der Waals surface area contributed by atoms with Crippen molar-refractivity contribution in [3.05, 3.63) is 0 Å². The van der Waals surface area contributed by atoms with Gasteiger partial charge in [-0.15, -0.1) is 0 Å². The SMILES string of the molecule is CCOCCOCCOP(O)O. The van der Waals surface area contributed by atoms with Crippen molar-refractivity contribution in [2.45, 2.75) is 6.92 Å². The van der Waals surface area contributed by atoms with Gasteiger partial charge in [-0.1, -0.05) is 0 Å². The molecule has 0 aromatic heterocycles. The van der Waals surface area contributed by atoms with Gasteiger partial charge in [-0.2, -0.15) is 0 Å². The lowest BCUT2D eigenvalue weighted by Crippen LogP contribution is -2.07. The predicted octanol–water partition coefficient (Wildman–Crippen LogP) is 0.268. The molecule has 0 unspecified atom stereocenters. The molecular formula is C6H15O5P. The van der Waals surface area contributed by atoms with Crippen LogP contribution in [0.4, 0.5) is 0 Å². The molecule has 0 saturated heterocycles. The minimum absolute atomic E-state index is 0.199. The Hall–Kier alpha value is 0.230. The summed E-state index contributed by atoms with van der Waals surface area (Å²) < 4.78 is 14.5. The fraction of sp³-hybridized carbons (Fsp3) is 1.00. The Morgan fingerprint density at radius 3 is 2.17 bits per heavy atom. The van der Waals surface area contributed by atoms with E-state index in [0.29, 0.717) is 26.4 Å². The average molecular weight is 198 g/mol. The Morgan fingerprint density at radius 1 is 1.00 bits per heavy atom. The van der Waals surface area contributed by atoms with E-state index < -0.39 is 8.60 Å². The van der Waals surface area contributed by atoms with Gasteiger partial charge in [-0.25, -0.2) is 0 Å². The third-order valence-corrected chi connectivity index (χ3v) is 1.42. The fourth-order valence-corrected chi connectivity index (χ4v) is 0.780. The van der Waals surface area contributed by atoms with Gasteiger partial charge >= 0.3 is 8.60 Å². The number of rotatable bonds is 8. The van der Waals surface area contributed by atoms with Gasteiger partial charge in [0.25, 0.3) is 0 Å². The molecule has 12 heavy (non-hydrogen) atoms. The maximum Gasteiger partial charge on any atom is 0.327 e. The summed E-state index contributed by atoms with van der Waals surface area (Å²) in [7, 11) is -2.24. The smallest absolute Gasteiger partial charge is 0.327 e. The van der Waals surface area contributed by atoms with E-state index in [1.165, 1.54) is 0 Å². The van der Waals surface area contributed by atoms with Crippen LogP contribution in [0.3, 0.4) is 0 Å². The van der Waals surface area contributed by atoms with E-state index in [2.05, 4.69) is 4.52 Å². The van der Waals surface area contributed by atoms with Gasteiger partial charge in [-0.05, 0) is 6.92 Å². The van der Waals surface area contributed by atoms with E-state index in [1.807, 2.05) is 6.92 Å². The molecule has 0 atom stereocenters. The summed E-state index contributed by atoms with van der Waals surface area (Å²) in [5.41, 5.74) is 0. The molecule has 6 heteroatoms. The van der Waals surface area contributed by atoms with Crippen molar-refractivity contribution in [2.24, 2.45) is 0 Å². The van der Waals surface area contributed by atoms with Crippen LogP contribution in [0.25, 0.3) is 0 Å². The second-order valence-corrected chi connectivity index (χ2v) is 2.66. The number of hydrogen-bond donors (Lipinski definition) is 2. The summed E-state index contributed by atoms with van der Waals surface area (Å²) in [6.45, 7) is 4.21. The third-order valence-electron chi connectivity index (χ3n) is 1.01. The first kappa shape index (κ1) is 12.2.